The van der Waals surface area contributed by atoms with E-state index in [4.69, 9.17) is 11.6 Å². The molecular formula is C13H9ClF4N2OS. The molecule has 3 nitrogen and oxygen atoms in total. The number of alkyl halides is 4. The molecule has 2 aromatic rings. The highest BCUT2D eigenvalue weighted by Gasteiger charge is 2.45. The van der Waals surface area contributed by atoms with Crippen molar-refractivity contribution in [3.05, 3.63) is 45.2 Å². The third-order valence-corrected chi connectivity index (χ3v) is 3.70. The van der Waals surface area contributed by atoms with Gasteiger partial charge in [-0.1, -0.05) is 17.7 Å². The monoisotopic (exact) mass is 352 g/mol. The average molecular weight is 353 g/mol. The molecule has 1 unspecified atom stereocenters. The first kappa shape index (κ1) is 16.7. The van der Waals surface area contributed by atoms with Crippen LogP contribution in [0, 0.1) is 6.92 Å². The lowest BCUT2D eigenvalue weighted by atomic mass is 10.3. The standard InChI is InChI=1S/C13H9ClF4N2OS/c1-7-6-20(9-4-2-3-8(14)5-9)12(22-7)19-11(21)10(15)13(16,17)18/h2-6,10H,1H3. The summed E-state index contributed by atoms with van der Waals surface area (Å²) in [6, 6.07) is 6.44. The lowest BCUT2D eigenvalue weighted by molar-refractivity contribution is -0.184. The van der Waals surface area contributed by atoms with Gasteiger partial charge in [-0.15, -0.1) is 11.3 Å². The fourth-order valence-electron chi connectivity index (χ4n) is 1.64. The van der Waals surface area contributed by atoms with Gasteiger partial charge in [0.2, 0.25) is 0 Å². The van der Waals surface area contributed by atoms with E-state index in [1.165, 1.54) is 4.57 Å². The first-order valence-electron chi connectivity index (χ1n) is 5.93. The predicted molar refractivity (Wildman–Crippen MR) is 74.9 cm³/mol. The number of amides is 1. The fourth-order valence-corrected chi connectivity index (χ4v) is 2.66. The molecule has 0 saturated heterocycles. The van der Waals surface area contributed by atoms with Crippen LogP contribution in [0.25, 0.3) is 5.69 Å². The summed E-state index contributed by atoms with van der Waals surface area (Å²) >= 11 is 6.82. The Morgan fingerprint density at radius 2 is 2.09 bits per heavy atom. The Morgan fingerprint density at radius 1 is 1.41 bits per heavy atom. The number of carbonyl (C=O) groups is 1. The molecule has 0 fully saturated rings. The van der Waals surface area contributed by atoms with Crippen LogP contribution in [-0.2, 0) is 4.79 Å². The summed E-state index contributed by atoms with van der Waals surface area (Å²) in [5, 5.41) is 0.407. The first-order valence-corrected chi connectivity index (χ1v) is 7.12. The Morgan fingerprint density at radius 3 is 2.68 bits per heavy atom. The lowest BCUT2D eigenvalue weighted by Gasteiger charge is -2.08. The minimum absolute atomic E-state index is 0.0586. The van der Waals surface area contributed by atoms with Gasteiger partial charge in [0.25, 0.3) is 12.1 Å². The quantitative estimate of drug-likeness (QED) is 0.756. The molecule has 1 amide bonds. The number of aromatic nitrogens is 1. The Labute approximate surface area is 131 Å². The van der Waals surface area contributed by atoms with E-state index >= 15 is 0 Å². The Balaban J connectivity index is 2.49. The van der Waals surface area contributed by atoms with E-state index in [2.05, 4.69) is 4.99 Å². The minimum Gasteiger partial charge on any atom is -0.292 e. The van der Waals surface area contributed by atoms with E-state index in [-0.39, 0.29) is 4.80 Å². The van der Waals surface area contributed by atoms with Gasteiger partial charge in [0.05, 0.1) is 0 Å². The van der Waals surface area contributed by atoms with Gasteiger partial charge in [0.15, 0.2) is 4.80 Å². The van der Waals surface area contributed by atoms with Crippen LogP contribution in [-0.4, -0.2) is 22.8 Å². The number of hydrogen-bond donors (Lipinski definition) is 0. The third-order valence-electron chi connectivity index (χ3n) is 2.57. The van der Waals surface area contributed by atoms with E-state index in [1.807, 2.05) is 0 Å². The topological polar surface area (TPSA) is 34.4 Å². The molecule has 0 aliphatic heterocycles. The van der Waals surface area contributed by atoms with Crippen LogP contribution in [0.1, 0.15) is 4.88 Å². The van der Waals surface area contributed by atoms with Gasteiger partial charge in [-0.2, -0.15) is 18.2 Å². The van der Waals surface area contributed by atoms with Crippen LogP contribution >= 0.6 is 22.9 Å². The Kier molecular flexibility index (Phi) is 4.72. The number of aryl methyl sites for hydroxylation is 1. The molecule has 2 rings (SSSR count). The molecule has 0 bridgehead atoms. The molecule has 1 aromatic heterocycles. The largest absolute Gasteiger partial charge is 0.428 e. The van der Waals surface area contributed by atoms with Gasteiger partial charge in [-0.05, 0) is 25.1 Å². The summed E-state index contributed by atoms with van der Waals surface area (Å²) < 4.78 is 51.0. The zero-order valence-electron chi connectivity index (χ0n) is 11.1. The van der Waals surface area contributed by atoms with Crippen molar-refractivity contribution in [2.75, 3.05) is 0 Å². The van der Waals surface area contributed by atoms with E-state index < -0.39 is 18.3 Å². The molecule has 1 heterocycles. The summed E-state index contributed by atoms with van der Waals surface area (Å²) in [5.74, 6) is -1.88. The second-order valence-corrected chi connectivity index (χ2v) is 5.98. The highest BCUT2D eigenvalue weighted by molar-refractivity contribution is 7.09. The van der Waals surface area contributed by atoms with E-state index in [1.54, 1.807) is 37.4 Å². The molecule has 0 N–H and O–H groups in total. The molecule has 0 spiro atoms. The summed E-state index contributed by atoms with van der Waals surface area (Å²) in [6.07, 6.45) is -7.33. The van der Waals surface area contributed by atoms with Crippen LogP contribution < -0.4 is 4.80 Å². The maximum absolute atomic E-state index is 13.0. The predicted octanol–water partition coefficient (Wildman–Crippen LogP) is 3.83. The number of hydrogen-bond acceptors (Lipinski definition) is 2. The normalized spacial score (nSPS) is 14.2. The van der Waals surface area contributed by atoms with Gasteiger partial charge < -0.3 is 0 Å². The van der Waals surface area contributed by atoms with Gasteiger partial charge >= 0.3 is 6.18 Å². The summed E-state index contributed by atoms with van der Waals surface area (Å²) in [7, 11) is 0. The molecule has 0 aliphatic carbocycles. The lowest BCUT2D eigenvalue weighted by Crippen LogP contribution is -2.33. The first-order chi connectivity index (χ1) is 10.2. The summed E-state index contributed by atoms with van der Waals surface area (Å²) in [4.78, 5) is 15.2. The Bertz CT molecular complexity index is 766. The summed E-state index contributed by atoms with van der Waals surface area (Å²) in [6.45, 7) is 1.69. The molecule has 9 heteroatoms. The highest BCUT2D eigenvalue weighted by Crippen LogP contribution is 2.24. The smallest absolute Gasteiger partial charge is 0.292 e. The maximum atomic E-state index is 13.0. The molecule has 22 heavy (non-hydrogen) atoms. The van der Waals surface area contributed by atoms with Crippen LogP contribution in [0.5, 0.6) is 0 Å². The number of thiazole rings is 1. The highest BCUT2D eigenvalue weighted by atomic mass is 35.5. The molecule has 1 atom stereocenters. The SMILES string of the molecule is Cc1cn(-c2cccc(Cl)c2)c(=NC(=O)C(F)C(F)(F)F)s1. The number of halogens is 5. The molecular weight excluding hydrogens is 344 g/mol. The van der Waals surface area contributed by atoms with Gasteiger partial charge in [-0.25, -0.2) is 4.39 Å². The van der Waals surface area contributed by atoms with Crippen molar-refractivity contribution in [3.63, 3.8) is 0 Å². The zero-order valence-corrected chi connectivity index (χ0v) is 12.6. The fraction of sp³-hybridized carbons (Fsp3) is 0.231. The van der Waals surface area contributed by atoms with Crippen molar-refractivity contribution in [3.8, 4) is 5.69 Å². The van der Waals surface area contributed by atoms with Crippen molar-refractivity contribution in [2.24, 2.45) is 4.99 Å². The number of rotatable bonds is 2. The second-order valence-electron chi connectivity index (χ2n) is 4.33. The van der Waals surface area contributed by atoms with Crippen molar-refractivity contribution in [1.82, 2.24) is 4.57 Å². The number of nitrogens with zero attached hydrogens (tertiary/aromatic N) is 2. The van der Waals surface area contributed by atoms with Crippen LogP contribution in [0.15, 0.2) is 35.5 Å². The molecule has 1 aromatic carbocycles. The number of benzene rings is 1. The second kappa shape index (κ2) is 6.21. The van der Waals surface area contributed by atoms with Gasteiger partial charge in [-0.3, -0.25) is 9.36 Å². The van der Waals surface area contributed by atoms with Crippen molar-refractivity contribution < 1.29 is 22.4 Å². The van der Waals surface area contributed by atoms with Crippen LogP contribution in [0.4, 0.5) is 17.6 Å². The van der Waals surface area contributed by atoms with Gasteiger partial charge in [0, 0.05) is 21.8 Å². The molecule has 0 aliphatic rings. The van der Waals surface area contributed by atoms with Gasteiger partial charge in [0.1, 0.15) is 0 Å². The third kappa shape index (κ3) is 3.75. The van der Waals surface area contributed by atoms with Crippen molar-refractivity contribution >= 4 is 28.8 Å². The van der Waals surface area contributed by atoms with E-state index in [0.717, 1.165) is 11.3 Å². The Hall–Kier alpha value is -1.67. The molecule has 0 radical (unpaired) electrons. The van der Waals surface area contributed by atoms with Crippen LogP contribution in [0.2, 0.25) is 5.02 Å². The van der Waals surface area contributed by atoms with E-state index in [9.17, 15) is 22.4 Å². The van der Waals surface area contributed by atoms with Crippen molar-refractivity contribution in [2.45, 2.75) is 19.3 Å². The van der Waals surface area contributed by atoms with Crippen LogP contribution in [0.3, 0.4) is 0 Å². The minimum atomic E-state index is -5.27. The molecule has 118 valence electrons. The maximum Gasteiger partial charge on any atom is 0.428 e. The van der Waals surface area contributed by atoms with E-state index in [0.29, 0.717) is 15.6 Å². The molecule has 0 saturated carbocycles. The van der Waals surface area contributed by atoms with Crippen molar-refractivity contribution in [1.29, 1.82) is 0 Å². The summed E-state index contributed by atoms with van der Waals surface area (Å²) in [5.41, 5.74) is 0.505. The zero-order chi connectivity index (χ0) is 16.5. The average Bonchev–Trinajstić information content (AvgIpc) is 2.77. The number of carbonyl (C=O) groups excluding carboxylic acids is 1.